The third-order valence-corrected chi connectivity index (χ3v) is 4.92. The third-order valence-electron chi connectivity index (χ3n) is 4.92. The van der Waals surface area contributed by atoms with E-state index in [1.807, 2.05) is 0 Å². The summed E-state index contributed by atoms with van der Waals surface area (Å²) < 4.78 is 0. The molecule has 0 heterocycles. The molecule has 2 fully saturated rings. The molecular weight excluding hydrogens is 168 g/mol. The van der Waals surface area contributed by atoms with Gasteiger partial charge in [0.1, 0.15) is 0 Å². The minimum absolute atomic E-state index is 0.582. The van der Waals surface area contributed by atoms with Gasteiger partial charge in [-0.2, -0.15) is 0 Å². The molecule has 0 radical (unpaired) electrons. The van der Waals surface area contributed by atoms with Crippen LogP contribution < -0.4 is 0 Å². The first-order valence-corrected chi connectivity index (χ1v) is 6.24. The van der Waals surface area contributed by atoms with Crippen LogP contribution in [0.5, 0.6) is 0 Å². The van der Waals surface area contributed by atoms with Crippen LogP contribution in [0.3, 0.4) is 0 Å². The summed E-state index contributed by atoms with van der Waals surface area (Å²) in [7, 11) is 0. The maximum Gasteiger partial charge on any atom is -0.00241 e. The van der Waals surface area contributed by atoms with Gasteiger partial charge in [-0.15, -0.1) is 0 Å². The van der Waals surface area contributed by atoms with Crippen LogP contribution in [0.2, 0.25) is 0 Å². The highest BCUT2D eigenvalue weighted by Crippen LogP contribution is 2.61. The van der Waals surface area contributed by atoms with Crippen molar-refractivity contribution in [2.45, 2.75) is 51.4 Å². The normalized spacial score (nSPS) is 45.7. The van der Waals surface area contributed by atoms with E-state index in [1.54, 1.807) is 0 Å². The molecule has 0 aromatic rings. The third kappa shape index (κ3) is 1.00. The van der Waals surface area contributed by atoms with Gasteiger partial charge in [0.05, 0.1) is 0 Å². The largest absolute Gasteiger partial charge is 0.0775 e. The van der Waals surface area contributed by atoms with Crippen LogP contribution in [0.1, 0.15) is 51.4 Å². The Morgan fingerprint density at radius 2 is 0.929 bits per heavy atom. The van der Waals surface area contributed by atoms with Crippen LogP contribution in [-0.2, 0) is 0 Å². The average Bonchev–Trinajstić information content (AvgIpc) is 2.27. The van der Waals surface area contributed by atoms with Crippen LogP contribution in [0.15, 0.2) is 24.3 Å². The lowest BCUT2D eigenvalue weighted by molar-refractivity contribution is 0.0233. The summed E-state index contributed by atoms with van der Waals surface area (Å²) in [6, 6.07) is 0. The zero-order chi connectivity index (χ0) is 9.49. The number of rotatable bonds is 0. The van der Waals surface area contributed by atoms with E-state index < -0.39 is 0 Å². The summed E-state index contributed by atoms with van der Waals surface area (Å²) in [4.78, 5) is 0. The van der Waals surface area contributed by atoms with Crippen molar-refractivity contribution in [3.05, 3.63) is 24.3 Å². The molecule has 2 saturated carbocycles. The van der Waals surface area contributed by atoms with Crippen LogP contribution in [0.4, 0.5) is 0 Å². The molecule has 0 nitrogen and oxygen atoms in total. The Morgan fingerprint density at radius 3 is 1.29 bits per heavy atom. The zero-order valence-electron chi connectivity index (χ0n) is 8.97. The predicted molar refractivity (Wildman–Crippen MR) is 60.1 cm³/mol. The SMILES string of the molecule is C1=CC23CCCCC2(C=C1)CCCC3. The molecule has 0 bridgehead atoms. The summed E-state index contributed by atoms with van der Waals surface area (Å²) in [6.07, 6.45) is 21.3. The van der Waals surface area contributed by atoms with Crippen LogP contribution in [0, 0.1) is 10.8 Å². The second kappa shape index (κ2) is 2.98. The fourth-order valence-corrected chi connectivity index (χ4v) is 4.15. The van der Waals surface area contributed by atoms with E-state index in [2.05, 4.69) is 24.3 Å². The lowest BCUT2D eigenvalue weighted by Gasteiger charge is -2.55. The lowest BCUT2D eigenvalue weighted by atomic mass is 9.49. The van der Waals surface area contributed by atoms with E-state index in [-0.39, 0.29) is 0 Å². The first-order chi connectivity index (χ1) is 6.87. The Hall–Kier alpha value is -0.520. The molecule has 0 aromatic carbocycles. The second-order valence-corrected chi connectivity index (χ2v) is 5.44. The van der Waals surface area contributed by atoms with Crippen molar-refractivity contribution in [2.24, 2.45) is 10.8 Å². The second-order valence-electron chi connectivity index (χ2n) is 5.44. The van der Waals surface area contributed by atoms with Gasteiger partial charge in [0.2, 0.25) is 0 Å². The summed E-state index contributed by atoms with van der Waals surface area (Å²) in [5.74, 6) is 0. The maximum atomic E-state index is 2.55. The highest BCUT2D eigenvalue weighted by Gasteiger charge is 2.50. The van der Waals surface area contributed by atoms with Gasteiger partial charge in [0, 0.05) is 0 Å². The van der Waals surface area contributed by atoms with Crippen molar-refractivity contribution >= 4 is 0 Å². The van der Waals surface area contributed by atoms with Gasteiger partial charge in [0.25, 0.3) is 0 Å². The number of hydrogen-bond acceptors (Lipinski definition) is 0. The summed E-state index contributed by atoms with van der Waals surface area (Å²) in [5, 5.41) is 0. The summed E-state index contributed by atoms with van der Waals surface area (Å²) >= 11 is 0. The van der Waals surface area contributed by atoms with Crippen LogP contribution >= 0.6 is 0 Å². The highest BCUT2D eigenvalue weighted by atomic mass is 14.5. The van der Waals surface area contributed by atoms with Gasteiger partial charge < -0.3 is 0 Å². The topological polar surface area (TPSA) is 0 Å². The average molecular weight is 188 g/mol. The molecule has 0 heteroatoms. The standard InChI is InChI=1S/C14H20/c1-2-8-14-11-5-3-9-13(14,7-1)10-4-6-12-14/h1-2,7-8H,3-6,9-12H2. The lowest BCUT2D eigenvalue weighted by Crippen LogP contribution is -2.45. The van der Waals surface area contributed by atoms with Crippen molar-refractivity contribution in [2.75, 3.05) is 0 Å². The van der Waals surface area contributed by atoms with E-state index in [0.29, 0.717) is 10.8 Å². The van der Waals surface area contributed by atoms with E-state index in [9.17, 15) is 0 Å². The molecule has 3 rings (SSSR count). The molecule has 0 saturated heterocycles. The Labute approximate surface area is 87.1 Å². The highest BCUT2D eigenvalue weighted by molar-refractivity contribution is 5.27. The van der Waals surface area contributed by atoms with Gasteiger partial charge in [0.15, 0.2) is 0 Å². The molecule has 76 valence electrons. The molecule has 3 aliphatic carbocycles. The predicted octanol–water partition coefficient (Wildman–Crippen LogP) is 4.23. The minimum atomic E-state index is 0.582. The minimum Gasteiger partial charge on any atom is -0.0775 e. The first kappa shape index (κ1) is 8.76. The van der Waals surface area contributed by atoms with E-state index >= 15 is 0 Å². The molecule has 0 spiro atoms. The molecule has 0 unspecified atom stereocenters. The molecule has 0 atom stereocenters. The van der Waals surface area contributed by atoms with Crippen LogP contribution in [-0.4, -0.2) is 0 Å². The van der Waals surface area contributed by atoms with Gasteiger partial charge >= 0.3 is 0 Å². The van der Waals surface area contributed by atoms with E-state index in [0.717, 1.165) is 0 Å². The Bertz CT molecular complexity index is 240. The Kier molecular flexibility index (Phi) is 1.87. The molecule has 0 aliphatic heterocycles. The Balaban J connectivity index is 2.04. The van der Waals surface area contributed by atoms with E-state index in [1.165, 1.54) is 51.4 Å². The zero-order valence-corrected chi connectivity index (χ0v) is 8.97. The summed E-state index contributed by atoms with van der Waals surface area (Å²) in [5.41, 5.74) is 1.16. The fraction of sp³-hybridized carbons (Fsp3) is 0.714. The smallest absolute Gasteiger partial charge is 0.00241 e. The van der Waals surface area contributed by atoms with Crippen LogP contribution in [0.25, 0.3) is 0 Å². The quantitative estimate of drug-likeness (QED) is 0.533. The van der Waals surface area contributed by atoms with Gasteiger partial charge in [-0.05, 0) is 36.5 Å². The van der Waals surface area contributed by atoms with Crippen molar-refractivity contribution in [3.63, 3.8) is 0 Å². The van der Waals surface area contributed by atoms with Gasteiger partial charge in [-0.25, -0.2) is 0 Å². The fourth-order valence-electron chi connectivity index (χ4n) is 4.15. The van der Waals surface area contributed by atoms with Crippen molar-refractivity contribution in [3.8, 4) is 0 Å². The van der Waals surface area contributed by atoms with E-state index in [4.69, 9.17) is 0 Å². The van der Waals surface area contributed by atoms with Gasteiger partial charge in [-0.3, -0.25) is 0 Å². The number of hydrogen-bond donors (Lipinski definition) is 0. The van der Waals surface area contributed by atoms with Gasteiger partial charge in [-0.1, -0.05) is 50.0 Å². The molecule has 0 N–H and O–H groups in total. The van der Waals surface area contributed by atoms with Crippen molar-refractivity contribution in [1.29, 1.82) is 0 Å². The van der Waals surface area contributed by atoms with Crippen molar-refractivity contribution < 1.29 is 0 Å². The monoisotopic (exact) mass is 188 g/mol. The molecule has 3 aliphatic rings. The first-order valence-electron chi connectivity index (χ1n) is 6.24. The Morgan fingerprint density at radius 1 is 0.571 bits per heavy atom. The summed E-state index contributed by atoms with van der Waals surface area (Å²) in [6.45, 7) is 0. The molecule has 14 heavy (non-hydrogen) atoms. The maximum absolute atomic E-state index is 2.55. The molecular formula is C14H20. The number of allylic oxidation sites excluding steroid dienone is 4. The molecule has 0 aromatic heterocycles. The molecule has 0 amide bonds. The van der Waals surface area contributed by atoms with Crippen molar-refractivity contribution in [1.82, 2.24) is 0 Å².